The van der Waals surface area contributed by atoms with Gasteiger partial charge in [0.15, 0.2) is 11.5 Å². The monoisotopic (exact) mass is 440 g/mol. The van der Waals surface area contributed by atoms with Crippen molar-refractivity contribution in [1.82, 2.24) is 4.57 Å². The molecule has 0 aliphatic heterocycles. The molecule has 0 aliphatic rings. The van der Waals surface area contributed by atoms with Gasteiger partial charge in [0.1, 0.15) is 12.4 Å². The van der Waals surface area contributed by atoms with E-state index in [4.69, 9.17) is 14.2 Å². The maximum atomic E-state index is 13.1. The smallest absolute Gasteiger partial charge is 0.325 e. The van der Waals surface area contributed by atoms with Crippen molar-refractivity contribution in [3.8, 4) is 11.5 Å². The molecule has 154 valence electrons. The summed E-state index contributed by atoms with van der Waals surface area (Å²) >= 11 is 1.05. The van der Waals surface area contributed by atoms with Crippen molar-refractivity contribution in [2.45, 2.75) is 11.4 Å². The largest absolute Gasteiger partial charge is 0.493 e. The summed E-state index contributed by atoms with van der Waals surface area (Å²) in [5, 5.41) is 0. The van der Waals surface area contributed by atoms with Crippen molar-refractivity contribution in [2.75, 3.05) is 21.3 Å². The number of halogens is 1. The van der Waals surface area contributed by atoms with E-state index in [1.807, 2.05) is 0 Å². The molecule has 1 heterocycles. The minimum absolute atomic E-state index is 0.0463. The van der Waals surface area contributed by atoms with E-state index < -0.39 is 21.8 Å². The summed E-state index contributed by atoms with van der Waals surface area (Å²) in [5.74, 6) is -0.297. The van der Waals surface area contributed by atoms with E-state index >= 15 is 0 Å². The Morgan fingerprint density at radius 2 is 1.72 bits per heavy atom. The molecule has 0 atom stereocenters. The Morgan fingerprint density at radius 3 is 2.31 bits per heavy atom. The van der Waals surface area contributed by atoms with Gasteiger partial charge in [-0.05, 0) is 24.3 Å². The predicted octanol–water partition coefficient (Wildman–Crippen LogP) is 2.32. The first-order valence-corrected chi connectivity index (χ1v) is 10.4. The van der Waals surface area contributed by atoms with Gasteiger partial charge < -0.3 is 18.8 Å². The third-order valence-corrected chi connectivity index (χ3v) is 6.45. The van der Waals surface area contributed by atoms with E-state index in [-0.39, 0.29) is 16.2 Å². The Morgan fingerprint density at radius 1 is 1.10 bits per heavy atom. The zero-order valence-electron chi connectivity index (χ0n) is 15.7. The summed E-state index contributed by atoms with van der Waals surface area (Å²) in [6.07, 6.45) is 0. The number of carbonyl (C=O) groups excluding carboxylic acids is 1. The van der Waals surface area contributed by atoms with E-state index in [9.17, 15) is 17.6 Å². The highest BCUT2D eigenvalue weighted by molar-refractivity contribution is 7.90. The third kappa shape index (κ3) is 4.25. The van der Waals surface area contributed by atoms with Crippen LogP contribution in [0.1, 0.15) is 0 Å². The lowest BCUT2D eigenvalue weighted by molar-refractivity contribution is -0.141. The summed E-state index contributed by atoms with van der Waals surface area (Å²) in [5.41, 5.74) is 0.520. The normalized spacial score (nSPS) is 12.2. The van der Waals surface area contributed by atoms with Crippen molar-refractivity contribution < 1.29 is 31.8 Å². The van der Waals surface area contributed by atoms with Crippen molar-refractivity contribution in [2.24, 2.45) is 4.40 Å². The molecule has 0 saturated heterocycles. The molecule has 29 heavy (non-hydrogen) atoms. The second-order valence-corrected chi connectivity index (χ2v) is 8.36. The number of aromatic nitrogens is 1. The maximum Gasteiger partial charge on any atom is 0.325 e. The lowest BCUT2D eigenvalue weighted by Crippen LogP contribution is -2.22. The van der Waals surface area contributed by atoms with Crippen LogP contribution in [-0.2, 0) is 26.1 Å². The van der Waals surface area contributed by atoms with Gasteiger partial charge in [-0.1, -0.05) is 11.3 Å². The van der Waals surface area contributed by atoms with Crippen LogP contribution >= 0.6 is 11.3 Å². The molecule has 0 unspecified atom stereocenters. The van der Waals surface area contributed by atoms with Gasteiger partial charge in [0.25, 0.3) is 10.0 Å². The molecule has 3 aromatic rings. The Bertz CT molecular complexity index is 1230. The van der Waals surface area contributed by atoms with E-state index in [2.05, 4.69) is 4.40 Å². The molecule has 0 amide bonds. The number of ether oxygens (including phenoxy) is 3. The van der Waals surface area contributed by atoms with Crippen LogP contribution < -0.4 is 14.3 Å². The number of thiazole rings is 1. The first-order chi connectivity index (χ1) is 13.8. The standard InChI is InChI=1S/C18H17FN2O6S2/c1-25-14-8-13-16(9-15(14)26-2)28-18(21(13)10-17(22)27-3)20-29(23,24)12-6-4-11(19)5-7-12/h4-9H,10H2,1-3H3. The molecule has 0 bridgehead atoms. The molecule has 1 aromatic heterocycles. The average Bonchev–Trinajstić information content (AvgIpc) is 3.02. The fourth-order valence-electron chi connectivity index (χ4n) is 2.58. The minimum atomic E-state index is -4.14. The van der Waals surface area contributed by atoms with E-state index in [1.165, 1.54) is 25.9 Å². The lowest BCUT2D eigenvalue weighted by atomic mass is 10.3. The second kappa shape index (κ2) is 8.21. The molecular weight excluding hydrogens is 423 g/mol. The molecule has 0 N–H and O–H groups in total. The number of benzene rings is 2. The third-order valence-electron chi connectivity index (χ3n) is 4.01. The summed E-state index contributed by atoms with van der Waals surface area (Å²) in [6.45, 7) is -0.260. The molecule has 0 aliphatic carbocycles. The zero-order valence-corrected chi connectivity index (χ0v) is 17.3. The molecule has 2 aromatic carbocycles. The zero-order chi connectivity index (χ0) is 21.2. The van der Waals surface area contributed by atoms with E-state index in [0.29, 0.717) is 21.7 Å². The second-order valence-electron chi connectivity index (χ2n) is 5.74. The van der Waals surface area contributed by atoms with Crippen LogP contribution in [0.5, 0.6) is 11.5 Å². The average molecular weight is 440 g/mol. The SMILES string of the molecule is COC(=O)Cn1c(=NS(=O)(=O)c2ccc(F)cc2)sc2cc(OC)c(OC)cc21. The first-order valence-electron chi connectivity index (χ1n) is 8.18. The molecule has 0 fully saturated rings. The Labute approximate surface area is 169 Å². The van der Waals surface area contributed by atoms with E-state index in [0.717, 1.165) is 35.6 Å². The quantitative estimate of drug-likeness (QED) is 0.546. The minimum Gasteiger partial charge on any atom is -0.493 e. The van der Waals surface area contributed by atoms with Gasteiger partial charge in [0.2, 0.25) is 4.80 Å². The van der Waals surface area contributed by atoms with Crippen LogP contribution in [-0.4, -0.2) is 40.3 Å². The Balaban J connectivity index is 2.27. The van der Waals surface area contributed by atoms with Gasteiger partial charge in [-0.25, -0.2) is 4.39 Å². The van der Waals surface area contributed by atoms with Crippen LogP contribution in [0.3, 0.4) is 0 Å². The molecule has 11 heteroatoms. The van der Waals surface area contributed by atoms with Crippen LogP contribution in [0.4, 0.5) is 4.39 Å². The van der Waals surface area contributed by atoms with Gasteiger partial charge in [-0.3, -0.25) is 4.79 Å². The molecule has 0 saturated carbocycles. The Kier molecular flexibility index (Phi) is 5.89. The maximum absolute atomic E-state index is 13.1. The van der Waals surface area contributed by atoms with Crippen LogP contribution in [0, 0.1) is 5.82 Å². The first kappa shape index (κ1) is 20.8. The number of fused-ring (bicyclic) bond motifs is 1. The number of carbonyl (C=O) groups is 1. The summed E-state index contributed by atoms with van der Waals surface area (Å²) in [7, 11) is 0.0280. The summed E-state index contributed by atoms with van der Waals surface area (Å²) < 4.78 is 59.7. The van der Waals surface area contributed by atoms with Crippen molar-refractivity contribution in [3.05, 3.63) is 47.0 Å². The van der Waals surface area contributed by atoms with Gasteiger partial charge in [0.05, 0.1) is 36.4 Å². The fraction of sp³-hybridized carbons (Fsp3) is 0.222. The number of nitrogens with zero attached hydrogens (tertiary/aromatic N) is 2. The van der Waals surface area contributed by atoms with Crippen LogP contribution in [0.15, 0.2) is 45.7 Å². The van der Waals surface area contributed by atoms with Crippen LogP contribution in [0.2, 0.25) is 0 Å². The highest BCUT2D eigenvalue weighted by Crippen LogP contribution is 2.33. The summed E-state index contributed by atoms with van der Waals surface area (Å²) in [4.78, 5) is 11.8. The molecular formula is C18H17FN2O6S2. The van der Waals surface area contributed by atoms with Crippen molar-refractivity contribution >= 4 is 37.5 Å². The van der Waals surface area contributed by atoms with Crippen molar-refractivity contribution in [1.29, 1.82) is 0 Å². The number of hydrogen-bond donors (Lipinski definition) is 0. The van der Waals surface area contributed by atoms with Crippen molar-refractivity contribution in [3.63, 3.8) is 0 Å². The number of rotatable bonds is 6. The van der Waals surface area contributed by atoms with E-state index in [1.54, 1.807) is 12.1 Å². The lowest BCUT2D eigenvalue weighted by Gasteiger charge is -2.09. The number of hydrogen-bond acceptors (Lipinski definition) is 7. The number of esters is 1. The van der Waals surface area contributed by atoms with Gasteiger partial charge in [0, 0.05) is 12.1 Å². The summed E-state index contributed by atoms with van der Waals surface area (Å²) in [6, 6.07) is 7.60. The topological polar surface area (TPSA) is 96.2 Å². The molecule has 8 nitrogen and oxygen atoms in total. The molecule has 0 radical (unpaired) electrons. The number of methoxy groups -OCH3 is 3. The van der Waals surface area contributed by atoms with Crippen LogP contribution in [0.25, 0.3) is 10.2 Å². The molecule has 0 spiro atoms. The van der Waals surface area contributed by atoms with Gasteiger partial charge in [-0.15, -0.1) is 4.40 Å². The Hall–Kier alpha value is -2.92. The van der Waals surface area contributed by atoms with Gasteiger partial charge >= 0.3 is 5.97 Å². The fourth-order valence-corrected chi connectivity index (χ4v) is 4.82. The highest BCUT2D eigenvalue weighted by atomic mass is 32.2. The van der Waals surface area contributed by atoms with Gasteiger partial charge in [-0.2, -0.15) is 8.42 Å². The predicted molar refractivity (Wildman–Crippen MR) is 104 cm³/mol. The highest BCUT2D eigenvalue weighted by Gasteiger charge is 2.18. The molecule has 3 rings (SSSR count). The number of sulfonamides is 1.